The number of nitrogens with one attached hydrogen (secondary N) is 2. The topological polar surface area (TPSA) is 193 Å². The van der Waals surface area contributed by atoms with E-state index in [4.69, 9.17) is 32.7 Å². The minimum atomic E-state index is -3.65. The summed E-state index contributed by atoms with van der Waals surface area (Å²) in [6, 6.07) is 17.0. The molecule has 0 saturated heterocycles. The summed E-state index contributed by atoms with van der Waals surface area (Å²) in [5.74, 6) is -1.94. The van der Waals surface area contributed by atoms with Crippen molar-refractivity contribution in [2.45, 2.75) is 82.7 Å². The highest BCUT2D eigenvalue weighted by Crippen LogP contribution is 2.43. The van der Waals surface area contributed by atoms with Crippen LogP contribution in [0.25, 0.3) is 0 Å². The van der Waals surface area contributed by atoms with Crippen LogP contribution in [0.2, 0.25) is 10.0 Å². The maximum atomic E-state index is 13.0. The molecule has 2 N–H and O–H groups in total. The van der Waals surface area contributed by atoms with Crippen molar-refractivity contribution in [2.24, 2.45) is 23.7 Å². The Bertz CT molecular complexity index is 1830. The molecule has 6 atom stereocenters. The van der Waals surface area contributed by atoms with Gasteiger partial charge in [0.05, 0.1) is 42.5 Å². The smallest absolute Gasteiger partial charge is 0.224 e. The van der Waals surface area contributed by atoms with Crippen molar-refractivity contribution in [3.8, 4) is 12.1 Å². The van der Waals surface area contributed by atoms with Crippen LogP contribution in [0, 0.1) is 46.3 Å². The minimum Gasteiger partial charge on any atom is -0.384 e. The van der Waals surface area contributed by atoms with Gasteiger partial charge in [0.15, 0.2) is 19.7 Å². The summed E-state index contributed by atoms with van der Waals surface area (Å²) < 4.78 is 62.5. The van der Waals surface area contributed by atoms with Gasteiger partial charge in [-0.05, 0) is 87.5 Å². The third-order valence-electron chi connectivity index (χ3n) is 10.6. The fourth-order valence-corrected chi connectivity index (χ4v) is 12.0. The van der Waals surface area contributed by atoms with Gasteiger partial charge in [-0.2, -0.15) is 10.5 Å². The summed E-state index contributed by atoms with van der Waals surface area (Å²) in [4.78, 5) is 25.6. The Morgan fingerprint density at radius 2 is 1.04 bits per heavy atom. The second-order valence-corrected chi connectivity index (χ2v) is 19.4. The Morgan fingerprint density at radius 3 is 1.33 bits per heavy atom. The molecular weight excluding hydrogens is 751 g/mol. The van der Waals surface area contributed by atoms with Gasteiger partial charge in [0, 0.05) is 39.3 Å². The van der Waals surface area contributed by atoms with Crippen molar-refractivity contribution in [1.82, 2.24) is 10.6 Å². The van der Waals surface area contributed by atoms with Gasteiger partial charge < -0.3 is 20.1 Å². The van der Waals surface area contributed by atoms with Gasteiger partial charge in [-0.25, -0.2) is 16.8 Å². The third-order valence-corrected chi connectivity index (χ3v) is 15.9. The predicted molar refractivity (Wildman–Crippen MR) is 192 cm³/mol. The molecule has 0 aromatic heterocycles. The molecule has 2 aromatic rings. The lowest BCUT2D eigenvalue weighted by Gasteiger charge is -2.19. The van der Waals surface area contributed by atoms with Gasteiger partial charge in [-0.15, -0.1) is 0 Å². The average Bonchev–Trinajstić information content (AvgIpc) is 3.97. The Kier molecular flexibility index (Phi) is 12.3. The van der Waals surface area contributed by atoms with E-state index in [0.717, 1.165) is 0 Å². The number of sulfone groups is 2. The van der Waals surface area contributed by atoms with Crippen LogP contribution in [0.3, 0.4) is 0 Å². The number of ether oxygens (including phenoxy) is 2. The Balaban J connectivity index is 0.000000201. The van der Waals surface area contributed by atoms with Crippen LogP contribution in [-0.4, -0.2) is 77.7 Å². The first kappa shape index (κ1) is 40.0. The van der Waals surface area contributed by atoms with Gasteiger partial charge >= 0.3 is 0 Å². The molecule has 0 heterocycles. The number of halogens is 2. The molecule has 0 radical (unpaired) electrons. The zero-order valence-electron chi connectivity index (χ0n) is 28.9. The lowest BCUT2D eigenvalue weighted by molar-refractivity contribution is -0.128. The summed E-state index contributed by atoms with van der Waals surface area (Å²) in [6.07, 6.45) is 3.62. The van der Waals surface area contributed by atoms with Crippen LogP contribution < -0.4 is 10.6 Å². The van der Waals surface area contributed by atoms with E-state index in [1.54, 1.807) is 36.4 Å². The van der Waals surface area contributed by atoms with Crippen molar-refractivity contribution in [3.63, 3.8) is 0 Å². The number of nitrogens with zero attached hydrogens (tertiary/aromatic N) is 2. The maximum Gasteiger partial charge on any atom is 0.224 e. The van der Waals surface area contributed by atoms with E-state index in [9.17, 15) is 36.9 Å². The number of hydrogen-bond donors (Lipinski definition) is 2. The lowest BCUT2D eigenvalue weighted by atomic mass is 9.95. The van der Waals surface area contributed by atoms with E-state index >= 15 is 0 Å². The lowest BCUT2D eigenvalue weighted by Crippen LogP contribution is -2.41. The molecular formula is C36H42Cl2N4O8S2. The van der Waals surface area contributed by atoms with Crippen LogP contribution in [-0.2, 0) is 38.7 Å². The summed E-state index contributed by atoms with van der Waals surface area (Å²) in [5, 5.41) is 22.9. The van der Waals surface area contributed by atoms with Crippen LogP contribution in [0.15, 0.2) is 58.3 Å². The average molecular weight is 794 g/mol. The summed E-state index contributed by atoms with van der Waals surface area (Å²) >= 11 is 12.2. The fourth-order valence-electron chi connectivity index (χ4n) is 7.24. The molecule has 280 valence electrons. The minimum absolute atomic E-state index is 0.0968. The van der Waals surface area contributed by atoms with E-state index in [-0.39, 0.29) is 56.3 Å². The number of nitriles is 2. The Morgan fingerprint density at radius 1 is 0.692 bits per heavy atom. The normalized spacial score (nSPS) is 26.9. The van der Waals surface area contributed by atoms with E-state index in [1.165, 1.54) is 26.4 Å². The Hall–Kier alpha value is -3.24. The number of benzene rings is 2. The molecule has 12 nitrogen and oxygen atoms in total. The molecule has 4 saturated carbocycles. The molecule has 52 heavy (non-hydrogen) atoms. The molecule has 0 unspecified atom stereocenters. The fraction of sp³-hybridized carbons (Fsp3) is 0.556. The van der Waals surface area contributed by atoms with Crippen molar-refractivity contribution in [2.75, 3.05) is 27.4 Å². The SMILES string of the molecule is COC[C@@H]1C[C@@H](S(=O)(=O)c2ccccc2Cl)C[C@H]1C(=O)NC1(C#N)CC1.COC[C@@H]1C[C@H](S(=O)(=O)c2ccccc2Cl)C[C@H]1C(=O)NC1(C#N)CC1. The number of hydrogen-bond acceptors (Lipinski definition) is 10. The van der Waals surface area contributed by atoms with E-state index < -0.39 is 53.1 Å². The first-order valence-corrected chi connectivity index (χ1v) is 20.9. The van der Waals surface area contributed by atoms with Gasteiger partial charge in [-0.3, -0.25) is 9.59 Å². The van der Waals surface area contributed by atoms with Gasteiger partial charge in [0.1, 0.15) is 11.1 Å². The summed E-state index contributed by atoms with van der Waals surface area (Å²) in [7, 11) is -4.25. The monoisotopic (exact) mass is 792 g/mol. The maximum absolute atomic E-state index is 13.0. The highest BCUT2D eigenvalue weighted by atomic mass is 35.5. The van der Waals surface area contributed by atoms with Gasteiger partial charge in [0.25, 0.3) is 0 Å². The van der Waals surface area contributed by atoms with Crippen LogP contribution in [0.5, 0.6) is 0 Å². The van der Waals surface area contributed by atoms with Gasteiger partial charge in [0.2, 0.25) is 11.8 Å². The zero-order valence-corrected chi connectivity index (χ0v) is 32.0. The molecule has 4 fully saturated rings. The first-order valence-electron chi connectivity index (χ1n) is 17.1. The summed E-state index contributed by atoms with van der Waals surface area (Å²) in [5.41, 5.74) is -1.54. The zero-order chi connectivity index (χ0) is 37.9. The van der Waals surface area contributed by atoms with Crippen molar-refractivity contribution in [1.29, 1.82) is 10.5 Å². The largest absolute Gasteiger partial charge is 0.384 e. The predicted octanol–water partition coefficient (Wildman–Crippen LogP) is 4.65. The second kappa shape index (κ2) is 16.0. The highest BCUT2D eigenvalue weighted by Gasteiger charge is 2.51. The first-order chi connectivity index (χ1) is 24.7. The van der Waals surface area contributed by atoms with Crippen molar-refractivity contribution >= 4 is 54.7 Å². The van der Waals surface area contributed by atoms with Crippen molar-refractivity contribution in [3.05, 3.63) is 58.6 Å². The molecule has 4 aliphatic carbocycles. The van der Waals surface area contributed by atoms with E-state index in [0.29, 0.717) is 51.7 Å². The molecule has 4 aliphatic rings. The van der Waals surface area contributed by atoms with Gasteiger partial charge in [-0.1, -0.05) is 47.5 Å². The Labute approximate surface area is 315 Å². The second-order valence-electron chi connectivity index (χ2n) is 14.1. The number of methoxy groups -OCH3 is 2. The highest BCUT2D eigenvalue weighted by molar-refractivity contribution is 7.92. The summed E-state index contributed by atoms with van der Waals surface area (Å²) in [6.45, 7) is 0.596. The number of carbonyl (C=O) groups is 2. The van der Waals surface area contributed by atoms with Crippen molar-refractivity contribution < 1.29 is 35.9 Å². The molecule has 0 bridgehead atoms. The van der Waals surface area contributed by atoms with Crippen LogP contribution in [0.4, 0.5) is 0 Å². The number of carbonyl (C=O) groups excluding carboxylic acids is 2. The molecule has 2 amide bonds. The number of rotatable bonds is 12. The molecule has 6 rings (SSSR count). The molecule has 0 aliphatic heterocycles. The number of amides is 2. The van der Waals surface area contributed by atoms with Crippen LogP contribution in [0.1, 0.15) is 51.4 Å². The quantitative estimate of drug-likeness (QED) is 0.306. The van der Waals surface area contributed by atoms with E-state index in [1.807, 2.05) is 0 Å². The standard InChI is InChI=1S/2C18H21ClN2O4S/c2*1-25-10-12-8-13(26(23,24)16-5-3-2-4-15(16)19)9-14(12)17(22)21-18(11-20)6-7-18/h2*2-5,12-14H,6-10H2,1H3,(H,21,22)/t12-,13+,14+;12-,13-,14+/m00/s1. The van der Waals surface area contributed by atoms with E-state index in [2.05, 4.69) is 22.8 Å². The molecule has 16 heteroatoms. The third kappa shape index (κ3) is 8.59. The van der Waals surface area contributed by atoms with Crippen LogP contribution >= 0.6 is 23.2 Å². The molecule has 2 aromatic carbocycles. The molecule has 0 spiro atoms.